The fourth-order valence-corrected chi connectivity index (χ4v) is 14.2. The van der Waals surface area contributed by atoms with Gasteiger partial charge in [-0.15, -0.1) is 0 Å². The number of esters is 1. The van der Waals surface area contributed by atoms with Crippen LogP contribution in [0.2, 0.25) is 0 Å². The third kappa shape index (κ3) is 18.3. The summed E-state index contributed by atoms with van der Waals surface area (Å²) in [6, 6.07) is 43.7. The van der Waals surface area contributed by atoms with Crippen LogP contribution in [0.5, 0.6) is 17.2 Å². The summed E-state index contributed by atoms with van der Waals surface area (Å²) >= 11 is 0. The van der Waals surface area contributed by atoms with Crippen molar-refractivity contribution in [3.05, 3.63) is 350 Å². The average Bonchev–Trinajstić information content (AvgIpc) is 1.73. The summed E-state index contributed by atoms with van der Waals surface area (Å²) in [5, 5.41) is 20.7. The molecule has 8 heterocycles. The van der Waals surface area contributed by atoms with E-state index in [4.69, 9.17) is 19.6 Å². The van der Waals surface area contributed by atoms with Gasteiger partial charge in [-0.25, -0.2) is 44.3 Å². The van der Waals surface area contributed by atoms with Gasteiger partial charge in [-0.05, 0) is 84.5 Å². The van der Waals surface area contributed by atoms with Crippen LogP contribution >= 0.6 is 0 Å². The first-order chi connectivity index (χ1) is 57.2. The standard InChI is InChI=1S/C31H24F3N3O4.C24H18F3N3O4.C22H16F3NO6.C10H14N2/c32-20-12-24(33)22(25(34)13-20)14-35-30(39)23-16-36-21-11-10-19-8-4-5-9-26(19)37(15-21)31(40)27(36)29(28(23)38)41-17-18-6-2-1-3-7-18;25-13-7-17(26)15(18(27)8-13)9-28-23(33)16-11-29-14-6-5-12-3-1-2-4-19(12)30(10-14)24(34)20(29)22(32)21(16)31;1-30-22(29)20-19(31-10-12-5-3-2-4-6-12)18(27)15(11-32-20)21(28)26-9-14-16(24)7-13(23)8-17(14)25;11-9-6-5-8-3-1-2-4-10(8)12-7-9/h1-9,12-13,16,21H,10-11,14-15,17H2,(H,35,39);1-4,7-8,11,14,32H,5-6,9-10H2,(H,28,33);2-8,11H,9-10H2,1H3,(H,26,28);1-4,9,12H,5-7,11H2. The minimum Gasteiger partial charge on any atom is -0.503 e. The molecule has 8 aromatic carbocycles. The van der Waals surface area contributed by atoms with Gasteiger partial charge in [0.15, 0.2) is 22.9 Å². The Bertz CT molecular complexity index is 5880. The minimum absolute atomic E-state index is 0.0330. The van der Waals surface area contributed by atoms with E-state index in [1.807, 2.05) is 42.5 Å². The molecule has 0 aliphatic carbocycles. The van der Waals surface area contributed by atoms with E-state index in [9.17, 15) is 87.8 Å². The Morgan fingerprint density at radius 1 is 0.487 bits per heavy atom. The van der Waals surface area contributed by atoms with Gasteiger partial charge < -0.3 is 69.7 Å². The maximum absolute atomic E-state index is 14.2. The van der Waals surface area contributed by atoms with E-state index in [0.29, 0.717) is 92.2 Å². The molecule has 3 atom stereocenters. The van der Waals surface area contributed by atoms with Gasteiger partial charge in [0.2, 0.25) is 22.0 Å². The Hall–Kier alpha value is -14.0. The van der Waals surface area contributed by atoms with Gasteiger partial charge in [0, 0.05) is 128 Å². The fraction of sp³-hybridized carbons (Fsp3) is 0.207. The Morgan fingerprint density at radius 3 is 1.34 bits per heavy atom. The number of hydrogen-bond acceptors (Lipinski definition) is 16. The number of aromatic hydroxyl groups is 1. The van der Waals surface area contributed by atoms with E-state index >= 15 is 0 Å². The summed E-state index contributed by atoms with van der Waals surface area (Å²) in [6.07, 6.45) is 7.92. The van der Waals surface area contributed by atoms with Crippen molar-refractivity contribution in [1.82, 2.24) is 25.1 Å². The maximum atomic E-state index is 14.2. The maximum Gasteiger partial charge on any atom is 0.378 e. The van der Waals surface area contributed by atoms with Gasteiger partial charge in [-0.1, -0.05) is 115 Å². The lowest BCUT2D eigenvalue weighted by Gasteiger charge is -2.35. The third-order valence-corrected chi connectivity index (χ3v) is 20.4. The highest BCUT2D eigenvalue weighted by Crippen LogP contribution is 2.40. The Morgan fingerprint density at radius 2 is 0.874 bits per heavy atom. The van der Waals surface area contributed by atoms with Gasteiger partial charge >= 0.3 is 5.97 Å². The normalized spacial score (nSPS) is 15.1. The molecule has 0 radical (unpaired) electrons. The first-order valence-corrected chi connectivity index (χ1v) is 37.2. The van der Waals surface area contributed by atoms with Crippen LogP contribution in [0.1, 0.15) is 138 Å². The highest BCUT2D eigenvalue weighted by molar-refractivity contribution is 6.10. The van der Waals surface area contributed by atoms with Crippen molar-refractivity contribution in [1.29, 1.82) is 0 Å². The number of carbonyl (C=O) groups excluding carboxylic acids is 6. The predicted octanol–water partition coefficient (Wildman–Crippen LogP) is 12.7. The molecule has 16 rings (SSSR count). The summed E-state index contributed by atoms with van der Waals surface area (Å²) in [5.41, 5.74) is 7.11. The minimum atomic E-state index is -1.21. The number of hydrogen-bond donors (Lipinski definition) is 6. The quantitative estimate of drug-likeness (QED) is 0.0387. The summed E-state index contributed by atoms with van der Waals surface area (Å²) in [6.45, 7) is -0.573. The molecule has 3 aromatic heterocycles. The van der Waals surface area contributed by atoms with Crippen LogP contribution in [0.4, 0.5) is 56.6 Å². The van der Waals surface area contributed by atoms with E-state index in [1.165, 1.54) is 33.1 Å². The topological polar surface area (TPSA) is 305 Å². The molecular formula is C87H72F9N9O14. The van der Waals surface area contributed by atoms with Crippen molar-refractivity contribution >= 4 is 52.6 Å². The zero-order chi connectivity index (χ0) is 84.5. The van der Waals surface area contributed by atoms with E-state index < -0.39 is 169 Å². The fourth-order valence-electron chi connectivity index (χ4n) is 14.2. The number of benzene rings is 8. The van der Waals surface area contributed by atoms with E-state index in [1.54, 1.807) is 76.2 Å². The van der Waals surface area contributed by atoms with E-state index in [0.717, 1.165) is 48.9 Å². The van der Waals surface area contributed by atoms with Crippen LogP contribution in [-0.4, -0.2) is 82.5 Å². The smallest absolute Gasteiger partial charge is 0.378 e. The first-order valence-electron chi connectivity index (χ1n) is 37.2. The number of aryl methyl sites for hydroxylation is 3. The zero-order valence-electron chi connectivity index (χ0n) is 63.1. The number of aromatic nitrogens is 2. The van der Waals surface area contributed by atoms with Crippen LogP contribution in [0.3, 0.4) is 0 Å². The number of amides is 5. The second kappa shape index (κ2) is 36.4. The van der Waals surface area contributed by atoms with Gasteiger partial charge in [0.1, 0.15) is 88.5 Å². The number of ether oxygens (including phenoxy) is 3. The molecule has 5 aliphatic heterocycles. The van der Waals surface area contributed by atoms with Gasteiger partial charge in [0.25, 0.3) is 35.3 Å². The average molecular weight is 1640 g/mol. The Balaban J connectivity index is 0.000000145. The van der Waals surface area contributed by atoms with Gasteiger partial charge in [-0.3, -0.25) is 38.4 Å². The second-order valence-corrected chi connectivity index (χ2v) is 28.0. The lowest BCUT2D eigenvalue weighted by molar-refractivity contribution is 0.0550. The van der Waals surface area contributed by atoms with Crippen molar-refractivity contribution in [3.63, 3.8) is 0 Å². The number of nitrogens with two attached hydrogens (primary N) is 1. The highest BCUT2D eigenvalue weighted by Gasteiger charge is 2.41. The molecule has 0 saturated carbocycles. The lowest BCUT2D eigenvalue weighted by Crippen LogP contribution is -2.45. The number of fused-ring (bicyclic) bond motifs is 13. The molecule has 5 amide bonds. The van der Waals surface area contributed by atoms with Crippen LogP contribution < -0.4 is 62.6 Å². The molecule has 32 heteroatoms. The van der Waals surface area contributed by atoms with Crippen LogP contribution in [0.25, 0.3) is 0 Å². The number of halogens is 9. The predicted molar refractivity (Wildman–Crippen MR) is 416 cm³/mol. The molecule has 0 spiro atoms. The third-order valence-electron chi connectivity index (χ3n) is 20.4. The van der Waals surface area contributed by atoms with Crippen molar-refractivity contribution in [2.75, 3.05) is 41.9 Å². The van der Waals surface area contributed by atoms with Crippen molar-refractivity contribution in [2.24, 2.45) is 5.73 Å². The molecule has 119 heavy (non-hydrogen) atoms. The van der Waals surface area contributed by atoms with Crippen LogP contribution in [0, 0.1) is 52.4 Å². The van der Waals surface area contributed by atoms with Crippen LogP contribution in [-0.2, 0) is 56.8 Å². The molecule has 23 nitrogen and oxygen atoms in total. The Kier molecular flexibility index (Phi) is 25.4. The highest BCUT2D eigenvalue weighted by atomic mass is 19.2. The molecular weight excluding hydrogens is 1570 g/mol. The molecule has 0 saturated heterocycles. The number of anilines is 3. The molecule has 4 bridgehead atoms. The number of rotatable bonds is 16. The number of methoxy groups -OCH3 is 1. The number of nitrogens with one attached hydrogen (secondary N) is 4. The summed E-state index contributed by atoms with van der Waals surface area (Å²) in [7, 11) is 1.07. The van der Waals surface area contributed by atoms with Crippen molar-refractivity contribution < 1.29 is 92.0 Å². The number of nitrogens with zero attached hydrogens (tertiary/aromatic N) is 4. The summed E-state index contributed by atoms with van der Waals surface area (Å²) in [5.74, 6) is -17.7. The first kappa shape index (κ1) is 82.9. The summed E-state index contributed by atoms with van der Waals surface area (Å²) < 4.78 is 147. The molecule has 11 aromatic rings. The zero-order valence-corrected chi connectivity index (χ0v) is 63.1. The van der Waals surface area contributed by atoms with Crippen molar-refractivity contribution in [2.45, 2.75) is 89.5 Å². The van der Waals surface area contributed by atoms with E-state index in [-0.39, 0.29) is 54.5 Å². The van der Waals surface area contributed by atoms with Crippen molar-refractivity contribution in [3.8, 4) is 17.2 Å². The SMILES string of the molecule is COC(=O)c1occ(C(=O)NCc2c(F)cc(F)cc2F)c(=O)c1OCc1ccccc1.NC1CCc2ccccc2NC1.O=C(NCc1c(F)cc(F)cc1F)c1cn2c(c(O)c1=O)C(=O)N1CC2CCc2ccccc21.O=C(NCc1c(F)cc(F)cc1F)c1cn2c(c(OCc3ccccc3)c1=O)C(=O)N1CC2CCc2ccccc21. The monoisotopic (exact) mass is 1640 g/mol. The lowest BCUT2D eigenvalue weighted by atomic mass is 10.0. The van der Waals surface area contributed by atoms with Gasteiger partial charge in [-0.2, -0.15) is 0 Å². The number of pyridine rings is 2. The number of para-hydroxylation sites is 3. The molecule has 0 fully saturated rings. The molecule has 5 aliphatic rings. The van der Waals surface area contributed by atoms with Gasteiger partial charge in [0.05, 0.1) is 19.2 Å². The number of carbonyl (C=O) groups is 6. The van der Waals surface area contributed by atoms with E-state index in [2.05, 4.69) is 50.3 Å². The molecule has 3 unspecified atom stereocenters. The largest absolute Gasteiger partial charge is 0.503 e. The Labute approximate surface area is 671 Å². The van der Waals surface area contributed by atoms with Crippen LogP contribution in [0.15, 0.2) is 207 Å². The molecule has 612 valence electrons. The summed E-state index contributed by atoms with van der Waals surface area (Å²) in [4.78, 5) is 120. The molecule has 7 N–H and O–H groups in total. The second-order valence-electron chi connectivity index (χ2n) is 28.0.